The molecule has 0 aromatic heterocycles. The number of carbonyl (C=O) groups is 1. The quantitative estimate of drug-likeness (QED) is 0.346. The SMILES string of the molecule is COc1ccccc1CNC(=O)[C@@]1(Cc2ccccc2Br)COC(c2ccc(OCCCO)cc2)=N1. The minimum atomic E-state index is -1.13. The van der Waals surface area contributed by atoms with E-state index in [2.05, 4.69) is 21.2 Å². The molecule has 3 aromatic carbocycles. The summed E-state index contributed by atoms with van der Waals surface area (Å²) in [5.41, 5.74) is 1.48. The van der Waals surface area contributed by atoms with Crippen molar-refractivity contribution in [1.29, 1.82) is 0 Å². The fourth-order valence-corrected chi connectivity index (χ4v) is 4.40. The summed E-state index contributed by atoms with van der Waals surface area (Å²) in [6.07, 6.45) is 0.942. The first kappa shape index (κ1) is 25.7. The summed E-state index contributed by atoms with van der Waals surface area (Å²) >= 11 is 3.60. The van der Waals surface area contributed by atoms with E-state index in [0.29, 0.717) is 43.4 Å². The molecule has 36 heavy (non-hydrogen) atoms. The standard InChI is InChI=1S/C28H29BrN2O5/c1-34-25-10-5-3-8-22(25)18-30-27(33)28(17-21-7-2-4-9-24(21)29)19-36-26(31-28)20-11-13-23(14-12-20)35-16-6-15-32/h2-5,7-14,32H,6,15-19H2,1H3,(H,30,33)/t28-/m1/s1. The predicted molar refractivity (Wildman–Crippen MR) is 142 cm³/mol. The van der Waals surface area contributed by atoms with Crippen molar-refractivity contribution in [2.45, 2.75) is 24.9 Å². The van der Waals surface area contributed by atoms with Gasteiger partial charge in [-0.25, -0.2) is 4.99 Å². The van der Waals surface area contributed by atoms with Gasteiger partial charge in [-0.1, -0.05) is 52.3 Å². The number of ether oxygens (including phenoxy) is 3. The molecule has 0 radical (unpaired) electrons. The van der Waals surface area contributed by atoms with Crippen molar-refractivity contribution in [3.63, 3.8) is 0 Å². The fourth-order valence-electron chi connectivity index (χ4n) is 3.98. The van der Waals surface area contributed by atoms with Gasteiger partial charge < -0.3 is 24.6 Å². The van der Waals surface area contributed by atoms with Gasteiger partial charge in [0.05, 0.1) is 13.7 Å². The lowest BCUT2D eigenvalue weighted by atomic mass is 9.91. The van der Waals surface area contributed by atoms with Gasteiger partial charge in [0.2, 0.25) is 5.90 Å². The van der Waals surface area contributed by atoms with Crippen molar-refractivity contribution in [2.24, 2.45) is 4.99 Å². The van der Waals surface area contributed by atoms with Crippen molar-refractivity contribution < 1.29 is 24.1 Å². The van der Waals surface area contributed by atoms with Crippen LogP contribution in [0.4, 0.5) is 0 Å². The van der Waals surface area contributed by atoms with Gasteiger partial charge in [0.15, 0.2) is 5.54 Å². The van der Waals surface area contributed by atoms with Crippen LogP contribution in [0.1, 0.15) is 23.1 Å². The number of methoxy groups -OCH3 is 1. The zero-order chi connectivity index (χ0) is 25.4. The van der Waals surface area contributed by atoms with Crippen LogP contribution in [0.5, 0.6) is 11.5 Å². The third kappa shape index (κ3) is 6.06. The largest absolute Gasteiger partial charge is 0.496 e. The lowest BCUT2D eigenvalue weighted by Gasteiger charge is -2.24. The van der Waals surface area contributed by atoms with Crippen LogP contribution in [0.3, 0.4) is 0 Å². The van der Waals surface area contributed by atoms with Crippen molar-refractivity contribution in [2.75, 3.05) is 26.9 Å². The van der Waals surface area contributed by atoms with Gasteiger partial charge in [-0.3, -0.25) is 4.79 Å². The van der Waals surface area contributed by atoms with Crippen LogP contribution < -0.4 is 14.8 Å². The molecule has 0 saturated heterocycles. The third-order valence-corrected chi connectivity index (χ3v) is 6.70. The van der Waals surface area contributed by atoms with Crippen LogP contribution in [0, 0.1) is 0 Å². The maximum absolute atomic E-state index is 13.6. The van der Waals surface area contributed by atoms with E-state index in [-0.39, 0.29) is 19.1 Å². The molecule has 0 saturated carbocycles. The number of amides is 1. The molecule has 1 aliphatic heterocycles. The molecule has 1 atom stereocenters. The molecule has 0 bridgehead atoms. The number of nitrogens with zero attached hydrogens (tertiary/aromatic N) is 1. The first-order chi connectivity index (χ1) is 17.5. The van der Waals surface area contributed by atoms with Crippen molar-refractivity contribution in [3.05, 3.63) is 94.0 Å². The number of rotatable bonds is 11. The van der Waals surface area contributed by atoms with Gasteiger partial charge in [0, 0.05) is 41.6 Å². The van der Waals surface area contributed by atoms with E-state index in [0.717, 1.165) is 21.2 Å². The molecule has 4 rings (SSSR count). The Morgan fingerprint density at radius 2 is 1.81 bits per heavy atom. The van der Waals surface area contributed by atoms with E-state index in [1.165, 1.54) is 0 Å². The molecule has 188 valence electrons. The van der Waals surface area contributed by atoms with E-state index in [4.69, 9.17) is 24.3 Å². The van der Waals surface area contributed by atoms with Gasteiger partial charge in [0.1, 0.15) is 18.1 Å². The summed E-state index contributed by atoms with van der Waals surface area (Å²) in [5.74, 6) is 1.60. The number of benzene rings is 3. The second-order valence-electron chi connectivity index (χ2n) is 8.45. The zero-order valence-electron chi connectivity index (χ0n) is 20.1. The Bertz CT molecular complexity index is 1210. The van der Waals surface area contributed by atoms with Gasteiger partial charge in [-0.2, -0.15) is 0 Å². The lowest BCUT2D eigenvalue weighted by molar-refractivity contribution is -0.126. The lowest BCUT2D eigenvalue weighted by Crippen LogP contribution is -2.48. The van der Waals surface area contributed by atoms with Gasteiger partial charge in [-0.05, 0) is 42.0 Å². The molecule has 0 aliphatic carbocycles. The number of aliphatic hydroxyl groups excluding tert-OH is 1. The highest BCUT2D eigenvalue weighted by molar-refractivity contribution is 9.10. The number of halogens is 1. The highest BCUT2D eigenvalue weighted by Gasteiger charge is 2.44. The minimum absolute atomic E-state index is 0.0848. The Balaban J connectivity index is 1.58. The number of aliphatic hydroxyl groups is 1. The summed E-state index contributed by atoms with van der Waals surface area (Å²) in [6, 6.07) is 22.8. The topological polar surface area (TPSA) is 89.4 Å². The molecule has 1 aliphatic rings. The first-order valence-electron chi connectivity index (χ1n) is 11.7. The van der Waals surface area contributed by atoms with Gasteiger partial charge in [-0.15, -0.1) is 0 Å². The molecule has 3 aromatic rings. The average Bonchev–Trinajstić information content (AvgIpc) is 3.34. The molecule has 2 N–H and O–H groups in total. The molecule has 0 unspecified atom stereocenters. The van der Waals surface area contributed by atoms with Crippen LogP contribution >= 0.6 is 15.9 Å². The number of para-hydroxylation sites is 1. The molecule has 8 heteroatoms. The molecular formula is C28H29BrN2O5. The average molecular weight is 553 g/mol. The summed E-state index contributed by atoms with van der Waals surface area (Å²) in [5, 5.41) is 12.0. The number of hydrogen-bond acceptors (Lipinski definition) is 6. The van der Waals surface area contributed by atoms with E-state index in [1.54, 1.807) is 7.11 Å². The minimum Gasteiger partial charge on any atom is -0.496 e. The first-order valence-corrected chi connectivity index (χ1v) is 12.5. The molecule has 1 heterocycles. The zero-order valence-corrected chi connectivity index (χ0v) is 21.7. The highest BCUT2D eigenvalue weighted by atomic mass is 79.9. The van der Waals surface area contributed by atoms with Gasteiger partial charge in [0.25, 0.3) is 5.91 Å². The molecule has 1 amide bonds. The van der Waals surface area contributed by atoms with Crippen LogP contribution in [-0.4, -0.2) is 49.4 Å². The molecule has 0 fully saturated rings. The number of nitrogens with one attached hydrogen (secondary N) is 1. The van der Waals surface area contributed by atoms with E-state index < -0.39 is 5.54 Å². The molecular weight excluding hydrogens is 524 g/mol. The second kappa shape index (κ2) is 12.1. The summed E-state index contributed by atoms with van der Waals surface area (Å²) in [7, 11) is 1.61. The monoisotopic (exact) mass is 552 g/mol. The van der Waals surface area contributed by atoms with Crippen LogP contribution in [-0.2, 0) is 22.5 Å². The number of hydrogen-bond donors (Lipinski definition) is 2. The van der Waals surface area contributed by atoms with Crippen LogP contribution in [0.15, 0.2) is 82.3 Å². The maximum Gasteiger partial charge on any atom is 0.252 e. The number of aliphatic imine (C=N–C) groups is 1. The normalized spacial score (nSPS) is 16.7. The van der Waals surface area contributed by atoms with E-state index in [1.807, 2.05) is 72.8 Å². The van der Waals surface area contributed by atoms with E-state index >= 15 is 0 Å². The van der Waals surface area contributed by atoms with Crippen LogP contribution in [0.2, 0.25) is 0 Å². The van der Waals surface area contributed by atoms with Crippen LogP contribution in [0.25, 0.3) is 0 Å². The Morgan fingerprint density at radius 1 is 1.08 bits per heavy atom. The summed E-state index contributed by atoms with van der Waals surface area (Å²) in [4.78, 5) is 18.5. The highest BCUT2D eigenvalue weighted by Crippen LogP contribution is 2.30. The van der Waals surface area contributed by atoms with Crippen molar-refractivity contribution in [3.8, 4) is 11.5 Å². The maximum atomic E-state index is 13.6. The number of carbonyl (C=O) groups excluding carboxylic acids is 1. The smallest absolute Gasteiger partial charge is 0.252 e. The van der Waals surface area contributed by atoms with Gasteiger partial charge >= 0.3 is 0 Å². The second-order valence-corrected chi connectivity index (χ2v) is 9.30. The Morgan fingerprint density at radius 3 is 2.53 bits per heavy atom. The van der Waals surface area contributed by atoms with Crippen molar-refractivity contribution in [1.82, 2.24) is 5.32 Å². The molecule has 7 nitrogen and oxygen atoms in total. The van der Waals surface area contributed by atoms with Crippen molar-refractivity contribution >= 4 is 27.7 Å². The Hall–Kier alpha value is -3.36. The summed E-state index contributed by atoms with van der Waals surface area (Å²) in [6.45, 7) is 0.956. The van der Waals surface area contributed by atoms with E-state index in [9.17, 15) is 4.79 Å². The molecule has 0 spiro atoms. The predicted octanol–water partition coefficient (Wildman–Crippen LogP) is 4.29. The Kier molecular flexibility index (Phi) is 8.61. The Labute approximate surface area is 219 Å². The summed E-state index contributed by atoms with van der Waals surface area (Å²) < 4.78 is 17.9. The fraction of sp³-hybridized carbons (Fsp3) is 0.286. The third-order valence-electron chi connectivity index (χ3n) is 5.93.